The smallest absolute Gasteiger partial charge is 0.333 e. The summed E-state index contributed by atoms with van der Waals surface area (Å²) in [6.07, 6.45) is 1.48. The van der Waals surface area contributed by atoms with Crippen molar-refractivity contribution in [2.75, 3.05) is 0 Å². The topological polar surface area (TPSA) is 74.7 Å². The van der Waals surface area contributed by atoms with E-state index in [1.807, 2.05) is 6.92 Å². The number of rotatable bonds is 5. The van der Waals surface area contributed by atoms with Crippen molar-refractivity contribution in [1.82, 2.24) is 4.31 Å². The van der Waals surface area contributed by atoms with E-state index in [0.717, 1.165) is 9.87 Å². The number of carboxylic acids is 1. The number of benzene rings is 3. The fraction of sp³-hybridized carbons (Fsp3) is 0.160. The Morgan fingerprint density at radius 2 is 1.67 bits per heavy atom. The van der Waals surface area contributed by atoms with Gasteiger partial charge >= 0.3 is 5.97 Å². The van der Waals surface area contributed by atoms with E-state index in [9.17, 15) is 22.7 Å². The maximum atomic E-state index is 14.9. The molecule has 0 saturated heterocycles. The van der Waals surface area contributed by atoms with Crippen LogP contribution in [0.2, 0.25) is 5.02 Å². The summed E-state index contributed by atoms with van der Waals surface area (Å²) < 4.78 is 43.9. The first-order valence-corrected chi connectivity index (χ1v) is 12.1. The zero-order valence-corrected chi connectivity index (χ0v) is 19.2. The van der Waals surface area contributed by atoms with Crippen molar-refractivity contribution in [2.24, 2.45) is 0 Å². The highest BCUT2D eigenvalue weighted by Crippen LogP contribution is 2.46. The number of aliphatic carboxylic acids is 1. The van der Waals surface area contributed by atoms with Gasteiger partial charge in [-0.05, 0) is 49.2 Å². The minimum Gasteiger partial charge on any atom is -0.478 e. The molecule has 0 amide bonds. The van der Waals surface area contributed by atoms with Crippen molar-refractivity contribution in [3.05, 3.63) is 112 Å². The van der Waals surface area contributed by atoms with Crippen LogP contribution in [0.4, 0.5) is 4.39 Å². The molecule has 1 N–H and O–H groups in total. The molecule has 0 spiro atoms. The lowest BCUT2D eigenvalue weighted by atomic mass is 9.89. The van der Waals surface area contributed by atoms with E-state index < -0.39 is 33.9 Å². The molecule has 3 aromatic carbocycles. The quantitative estimate of drug-likeness (QED) is 0.505. The predicted octanol–water partition coefficient (Wildman–Crippen LogP) is 5.68. The Kier molecular flexibility index (Phi) is 6.38. The Hall–Kier alpha value is -3.00. The summed E-state index contributed by atoms with van der Waals surface area (Å²) in [6.45, 7) is 1.83. The van der Waals surface area contributed by atoms with Crippen LogP contribution in [0.3, 0.4) is 0 Å². The van der Waals surface area contributed by atoms with Crippen LogP contribution < -0.4 is 0 Å². The Labute approximate surface area is 196 Å². The van der Waals surface area contributed by atoms with Crippen molar-refractivity contribution in [1.29, 1.82) is 0 Å². The fourth-order valence-corrected chi connectivity index (χ4v) is 5.99. The largest absolute Gasteiger partial charge is 0.478 e. The SMILES string of the molecule is Cc1ccc(S(=O)(=O)N2[C@@H](c3ccc(Cl)cc3)C(C(=O)O)=CC[C@H]2c2ccccc2F)cc1. The standard InChI is InChI=1S/C25H21ClFNO4S/c1-16-6-12-19(13-7-16)33(31,32)28-23(20-4-2-3-5-22(20)27)15-14-21(25(29)30)24(28)17-8-10-18(26)11-9-17/h2-14,23-24H,15H2,1H3,(H,29,30)/t23-,24-/m0/s1. The van der Waals surface area contributed by atoms with Crippen LogP contribution in [-0.2, 0) is 14.8 Å². The van der Waals surface area contributed by atoms with Crippen LogP contribution in [0.5, 0.6) is 0 Å². The third kappa shape index (κ3) is 4.44. The molecule has 1 aliphatic heterocycles. The van der Waals surface area contributed by atoms with Gasteiger partial charge in [0, 0.05) is 10.6 Å². The molecule has 0 aromatic heterocycles. The van der Waals surface area contributed by atoms with Crippen LogP contribution in [0.15, 0.2) is 89.3 Å². The molecule has 0 saturated carbocycles. The predicted molar refractivity (Wildman–Crippen MR) is 124 cm³/mol. The number of carboxylic acid groups (broad SMARTS) is 1. The number of carbonyl (C=O) groups is 1. The molecule has 4 rings (SSSR count). The second kappa shape index (κ2) is 9.09. The molecule has 1 heterocycles. The second-order valence-corrected chi connectivity index (χ2v) is 10.1. The zero-order valence-electron chi connectivity index (χ0n) is 17.7. The first-order valence-electron chi connectivity index (χ1n) is 10.2. The molecule has 33 heavy (non-hydrogen) atoms. The van der Waals surface area contributed by atoms with E-state index in [1.165, 1.54) is 36.4 Å². The average molecular weight is 486 g/mol. The summed E-state index contributed by atoms with van der Waals surface area (Å²) in [5, 5.41) is 10.4. The summed E-state index contributed by atoms with van der Waals surface area (Å²) >= 11 is 6.02. The van der Waals surface area contributed by atoms with Gasteiger partial charge in [-0.1, -0.05) is 65.7 Å². The van der Waals surface area contributed by atoms with E-state index in [-0.39, 0.29) is 22.5 Å². The highest BCUT2D eigenvalue weighted by Gasteiger charge is 2.45. The van der Waals surface area contributed by atoms with Crippen molar-refractivity contribution >= 4 is 27.6 Å². The minimum atomic E-state index is -4.24. The minimum absolute atomic E-state index is 0.0000385. The first kappa shape index (κ1) is 23.2. The molecule has 2 atom stereocenters. The van der Waals surface area contributed by atoms with Gasteiger partial charge in [0.25, 0.3) is 0 Å². The van der Waals surface area contributed by atoms with E-state index in [4.69, 9.17) is 11.6 Å². The first-order chi connectivity index (χ1) is 15.7. The van der Waals surface area contributed by atoms with E-state index in [1.54, 1.807) is 42.5 Å². The van der Waals surface area contributed by atoms with Gasteiger partial charge in [-0.3, -0.25) is 0 Å². The Morgan fingerprint density at radius 3 is 2.27 bits per heavy atom. The second-order valence-electron chi connectivity index (χ2n) is 7.84. The molecule has 0 unspecified atom stereocenters. The molecule has 0 fully saturated rings. The number of halogens is 2. The summed E-state index contributed by atoms with van der Waals surface area (Å²) in [6, 6.07) is 16.4. The summed E-state index contributed by atoms with van der Waals surface area (Å²) in [5.41, 5.74) is 1.37. The van der Waals surface area contributed by atoms with Gasteiger partial charge in [0.2, 0.25) is 10.0 Å². The van der Waals surface area contributed by atoms with Crippen LogP contribution >= 0.6 is 11.6 Å². The van der Waals surface area contributed by atoms with Gasteiger partial charge in [-0.25, -0.2) is 17.6 Å². The van der Waals surface area contributed by atoms with Crippen LogP contribution in [-0.4, -0.2) is 23.8 Å². The number of sulfonamides is 1. The average Bonchev–Trinajstić information content (AvgIpc) is 2.79. The Bertz CT molecular complexity index is 1320. The lowest BCUT2D eigenvalue weighted by Crippen LogP contribution is -2.42. The number of nitrogens with zero attached hydrogens (tertiary/aromatic N) is 1. The van der Waals surface area contributed by atoms with Crippen molar-refractivity contribution in [3.8, 4) is 0 Å². The number of hydrogen-bond acceptors (Lipinski definition) is 3. The van der Waals surface area contributed by atoms with Crippen molar-refractivity contribution < 1.29 is 22.7 Å². The molecule has 8 heteroatoms. The van der Waals surface area contributed by atoms with Crippen LogP contribution in [0.1, 0.15) is 35.2 Å². The maximum absolute atomic E-state index is 14.9. The monoisotopic (exact) mass is 485 g/mol. The molecule has 0 radical (unpaired) electrons. The molecule has 3 aromatic rings. The van der Waals surface area contributed by atoms with Crippen LogP contribution in [0, 0.1) is 12.7 Å². The summed E-state index contributed by atoms with van der Waals surface area (Å²) in [5.74, 6) is -1.81. The molecule has 0 bridgehead atoms. The molecule has 5 nitrogen and oxygen atoms in total. The van der Waals surface area contributed by atoms with Gasteiger partial charge in [0.05, 0.1) is 22.6 Å². The van der Waals surface area contributed by atoms with Gasteiger partial charge in [0.1, 0.15) is 5.82 Å². The molecular weight excluding hydrogens is 465 g/mol. The maximum Gasteiger partial charge on any atom is 0.333 e. The Balaban J connectivity index is 1.98. The third-order valence-electron chi connectivity index (χ3n) is 5.71. The van der Waals surface area contributed by atoms with Crippen molar-refractivity contribution in [3.63, 3.8) is 0 Å². The molecule has 0 aliphatic carbocycles. The van der Waals surface area contributed by atoms with Gasteiger partial charge in [-0.2, -0.15) is 4.31 Å². The number of hydrogen-bond donors (Lipinski definition) is 1. The summed E-state index contributed by atoms with van der Waals surface area (Å²) in [7, 11) is -4.24. The lowest BCUT2D eigenvalue weighted by Gasteiger charge is -2.40. The van der Waals surface area contributed by atoms with E-state index >= 15 is 0 Å². The fourth-order valence-electron chi connectivity index (χ4n) is 4.09. The van der Waals surface area contributed by atoms with Gasteiger partial charge < -0.3 is 5.11 Å². The van der Waals surface area contributed by atoms with Gasteiger partial charge in [0.15, 0.2) is 0 Å². The van der Waals surface area contributed by atoms with Gasteiger partial charge in [-0.15, -0.1) is 0 Å². The highest BCUT2D eigenvalue weighted by molar-refractivity contribution is 7.89. The lowest BCUT2D eigenvalue weighted by molar-refractivity contribution is -0.133. The Morgan fingerprint density at radius 1 is 1.03 bits per heavy atom. The molecule has 170 valence electrons. The van der Waals surface area contributed by atoms with Crippen LogP contribution in [0.25, 0.3) is 0 Å². The highest BCUT2D eigenvalue weighted by atomic mass is 35.5. The molecular formula is C25H21ClFNO4S. The number of aryl methyl sites for hydroxylation is 1. The zero-order chi connectivity index (χ0) is 23.8. The normalized spacial score (nSPS) is 19.2. The van der Waals surface area contributed by atoms with Crippen molar-refractivity contribution in [2.45, 2.75) is 30.3 Å². The third-order valence-corrected chi connectivity index (χ3v) is 7.85. The summed E-state index contributed by atoms with van der Waals surface area (Å²) in [4.78, 5) is 12.2. The van der Waals surface area contributed by atoms with E-state index in [2.05, 4.69) is 0 Å². The van der Waals surface area contributed by atoms with E-state index in [0.29, 0.717) is 10.6 Å². The molecule has 1 aliphatic rings.